The number of carbonyl (C=O) groups excluding carboxylic acids is 1. The number of carbonyl (C=O) groups is 1. The number of amides is 1. The minimum Gasteiger partial charge on any atom is -0.370 e. The van der Waals surface area contributed by atoms with Crippen molar-refractivity contribution in [3.63, 3.8) is 0 Å². The minimum absolute atomic E-state index is 0.554. The van der Waals surface area contributed by atoms with Gasteiger partial charge in [-0.15, -0.1) is 0 Å². The summed E-state index contributed by atoms with van der Waals surface area (Å²) >= 11 is 0. The van der Waals surface area contributed by atoms with Crippen LogP contribution in [-0.4, -0.2) is 30.8 Å². The van der Waals surface area contributed by atoms with Gasteiger partial charge in [0.2, 0.25) is 5.91 Å². The summed E-state index contributed by atoms with van der Waals surface area (Å²) in [6, 6.07) is 0. The first kappa shape index (κ1) is 12.2. The standard InChI is InChI=1S/C6H11F3N2O2/c1-5(11,4(10)12)2-13-3-6(7,8)9/h2-3,11H2,1H3,(H2,10,12). The smallest absolute Gasteiger partial charge is 0.370 e. The van der Waals surface area contributed by atoms with E-state index in [1.54, 1.807) is 0 Å². The van der Waals surface area contributed by atoms with Crippen molar-refractivity contribution in [1.29, 1.82) is 0 Å². The van der Waals surface area contributed by atoms with Gasteiger partial charge in [-0.25, -0.2) is 0 Å². The molecule has 0 saturated heterocycles. The van der Waals surface area contributed by atoms with Gasteiger partial charge in [-0.3, -0.25) is 4.79 Å². The highest BCUT2D eigenvalue weighted by atomic mass is 19.4. The molecule has 0 aliphatic rings. The van der Waals surface area contributed by atoms with Crippen LogP contribution in [0.2, 0.25) is 0 Å². The van der Waals surface area contributed by atoms with E-state index in [4.69, 9.17) is 11.5 Å². The molecule has 7 heteroatoms. The SMILES string of the molecule is CC(N)(COCC(F)(F)F)C(N)=O. The van der Waals surface area contributed by atoms with Gasteiger partial charge in [0.25, 0.3) is 0 Å². The van der Waals surface area contributed by atoms with Gasteiger partial charge in [0.15, 0.2) is 0 Å². The van der Waals surface area contributed by atoms with Crippen molar-refractivity contribution in [1.82, 2.24) is 0 Å². The second-order valence-electron chi connectivity index (χ2n) is 2.89. The molecular formula is C6H11F3N2O2. The van der Waals surface area contributed by atoms with Crippen LogP contribution < -0.4 is 11.5 Å². The third-order valence-corrected chi connectivity index (χ3v) is 1.23. The number of alkyl halides is 3. The summed E-state index contributed by atoms with van der Waals surface area (Å²) in [6.07, 6.45) is -4.42. The van der Waals surface area contributed by atoms with Crippen molar-refractivity contribution < 1.29 is 22.7 Å². The summed E-state index contributed by atoms with van der Waals surface area (Å²) in [5.41, 5.74) is 8.45. The lowest BCUT2D eigenvalue weighted by Gasteiger charge is -2.20. The first-order valence-corrected chi connectivity index (χ1v) is 3.38. The number of hydrogen-bond acceptors (Lipinski definition) is 3. The molecule has 4 nitrogen and oxygen atoms in total. The van der Waals surface area contributed by atoms with Crippen LogP contribution in [0.5, 0.6) is 0 Å². The Morgan fingerprint density at radius 1 is 1.38 bits per heavy atom. The van der Waals surface area contributed by atoms with E-state index in [1.165, 1.54) is 6.92 Å². The predicted molar refractivity (Wildman–Crippen MR) is 38.7 cm³/mol. The first-order valence-electron chi connectivity index (χ1n) is 3.38. The molecule has 13 heavy (non-hydrogen) atoms. The summed E-state index contributed by atoms with van der Waals surface area (Å²) in [6.45, 7) is -0.791. The summed E-state index contributed by atoms with van der Waals surface area (Å²) in [7, 11) is 0. The van der Waals surface area contributed by atoms with Crippen molar-refractivity contribution in [2.24, 2.45) is 11.5 Å². The first-order chi connectivity index (χ1) is 5.65. The lowest BCUT2D eigenvalue weighted by atomic mass is 10.1. The number of rotatable bonds is 4. The lowest BCUT2D eigenvalue weighted by Crippen LogP contribution is -2.53. The van der Waals surface area contributed by atoms with E-state index in [1.807, 2.05) is 0 Å². The van der Waals surface area contributed by atoms with Crippen LogP contribution >= 0.6 is 0 Å². The molecule has 1 amide bonds. The zero-order valence-electron chi connectivity index (χ0n) is 7.02. The van der Waals surface area contributed by atoms with Gasteiger partial charge in [-0.2, -0.15) is 13.2 Å². The van der Waals surface area contributed by atoms with E-state index >= 15 is 0 Å². The van der Waals surface area contributed by atoms with E-state index in [2.05, 4.69) is 4.74 Å². The number of halogens is 3. The maximum atomic E-state index is 11.5. The zero-order valence-corrected chi connectivity index (χ0v) is 7.02. The fourth-order valence-electron chi connectivity index (χ4n) is 0.450. The molecule has 4 N–H and O–H groups in total. The van der Waals surface area contributed by atoms with Crippen LogP contribution in [0.15, 0.2) is 0 Å². The highest BCUT2D eigenvalue weighted by molar-refractivity contribution is 5.83. The molecule has 0 bridgehead atoms. The highest BCUT2D eigenvalue weighted by Crippen LogP contribution is 2.15. The van der Waals surface area contributed by atoms with Crippen LogP contribution in [0.1, 0.15) is 6.92 Å². The normalized spacial score (nSPS) is 16.7. The molecule has 0 aromatic carbocycles. The Labute approximate surface area is 73.0 Å². The summed E-state index contributed by atoms with van der Waals surface area (Å²) < 4.78 is 38.8. The number of ether oxygens (including phenoxy) is 1. The molecule has 0 aliphatic carbocycles. The molecule has 0 aliphatic heterocycles. The molecule has 0 spiro atoms. The van der Waals surface area contributed by atoms with Gasteiger partial charge in [-0.1, -0.05) is 0 Å². The van der Waals surface area contributed by atoms with Gasteiger partial charge >= 0.3 is 6.18 Å². The third kappa shape index (κ3) is 5.42. The Kier molecular flexibility index (Phi) is 3.68. The average molecular weight is 200 g/mol. The second-order valence-corrected chi connectivity index (χ2v) is 2.89. The molecule has 0 aromatic heterocycles. The Bertz CT molecular complexity index is 191. The number of hydrogen-bond donors (Lipinski definition) is 2. The second kappa shape index (κ2) is 3.93. The molecule has 78 valence electrons. The Morgan fingerprint density at radius 2 is 1.85 bits per heavy atom. The molecule has 0 saturated carbocycles. The van der Waals surface area contributed by atoms with E-state index in [0.29, 0.717) is 0 Å². The quantitative estimate of drug-likeness (QED) is 0.657. The van der Waals surface area contributed by atoms with E-state index in [9.17, 15) is 18.0 Å². The Hall–Kier alpha value is -0.820. The Morgan fingerprint density at radius 3 is 2.15 bits per heavy atom. The van der Waals surface area contributed by atoms with Gasteiger partial charge in [-0.05, 0) is 6.92 Å². The van der Waals surface area contributed by atoms with Gasteiger partial charge in [0.1, 0.15) is 12.1 Å². The van der Waals surface area contributed by atoms with E-state index in [-0.39, 0.29) is 0 Å². The highest BCUT2D eigenvalue weighted by Gasteiger charge is 2.31. The van der Waals surface area contributed by atoms with Crippen LogP contribution in [0.4, 0.5) is 13.2 Å². The largest absolute Gasteiger partial charge is 0.411 e. The van der Waals surface area contributed by atoms with Crippen LogP contribution in [0.3, 0.4) is 0 Å². The van der Waals surface area contributed by atoms with Crippen molar-refractivity contribution >= 4 is 5.91 Å². The molecule has 0 fully saturated rings. The molecular weight excluding hydrogens is 189 g/mol. The zero-order chi connectivity index (χ0) is 10.7. The fraction of sp³-hybridized carbons (Fsp3) is 0.833. The van der Waals surface area contributed by atoms with E-state index in [0.717, 1.165) is 0 Å². The van der Waals surface area contributed by atoms with Crippen LogP contribution in [0.25, 0.3) is 0 Å². The van der Waals surface area contributed by atoms with Crippen molar-refractivity contribution in [2.75, 3.05) is 13.2 Å². The predicted octanol–water partition coefficient (Wildman–Crippen LogP) is -0.232. The topological polar surface area (TPSA) is 78.3 Å². The van der Waals surface area contributed by atoms with Gasteiger partial charge in [0.05, 0.1) is 6.61 Å². The molecule has 1 atom stereocenters. The fourth-order valence-corrected chi connectivity index (χ4v) is 0.450. The van der Waals surface area contributed by atoms with Crippen LogP contribution in [-0.2, 0) is 9.53 Å². The summed E-state index contributed by atoms with van der Waals surface area (Å²) in [5, 5.41) is 0. The minimum atomic E-state index is -4.42. The summed E-state index contributed by atoms with van der Waals surface area (Å²) in [5.74, 6) is -0.908. The molecule has 1 unspecified atom stereocenters. The number of primary amides is 1. The maximum Gasteiger partial charge on any atom is 0.411 e. The average Bonchev–Trinajstić information content (AvgIpc) is 1.82. The van der Waals surface area contributed by atoms with Crippen molar-refractivity contribution in [2.45, 2.75) is 18.6 Å². The molecule has 0 heterocycles. The number of nitrogens with two attached hydrogens (primary N) is 2. The van der Waals surface area contributed by atoms with Gasteiger partial charge < -0.3 is 16.2 Å². The van der Waals surface area contributed by atoms with Gasteiger partial charge in [0, 0.05) is 0 Å². The van der Waals surface area contributed by atoms with Crippen LogP contribution in [0, 0.1) is 0 Å². The molecule has 0 rings (SSSR count). The summed E-state index contributed by atoms with van der Waals surface area (Å²) in [4.78, 5) is 10.5. The Balaban J connectivity index is 3.84. The van der Waals surface area contributed by atoms with E-state index < -0.39 is 30.8 Å². The lowest BCUT2D eigenvalue weighted by molar-refractivity contribution is -0.178. The molecule has 0 radical (unpaired) electrons. The molecule has 0 aromatic rings. The van der Waals surface area contributed by atoms with Crippen molar-refractivity contribution in [3.05, 3.63) is 0 Å². The monoisotopic (exact) mass is 200 g/mol. The maximum absolute atomic E-state index is 11.5. The third-order valence-electron chi connectivity index (χ3n) is 1.23. The van der Waals surface area contributed by atoms with Crippen molar-refractivity contribution in [3.8, 4) is 0 Å².